The number of esters is 1. The number of ether oxygens (including phenoxy) is 5. The minimum absolute atomic E-state index is 0.0551. The van der Waals surface area contributed by atoms with Gasteiger partial charge in [-0.05, 0) is 28.5 Å². The number of fused-ring (bicyclic) bond motifs is 1. The highest BCUT2D eigenvalue weighted by Crippen LogP contribution is 2.12. The van der Waals surface area contributed by atoms with E-state index in [0.29, 0.717) is 6.61 Å². The Balaban J connectivity index is 0.000000369. The average Bonchev–Trinajstić information content (AvgIpc) is 3.65. The molecule has 5 aromatic rings. The molecule has 0 radical (unpaired) electrons. The van der Waals surface area contributed by atoms with Crippen molar-refractivity contribution in [1.29, 1.82) is 0 Å². The van der Waals surface area contributed by atoms with Crippen LogP contribution in [0.1, 0.15) is 44.4 Å². The number of benzene rings is 3. The number of carboxylic acids is 1. The van der Waals surface area contributed by atoms with E-state index in [1.165, 1.54) is 10.9 Å². The van der Waals surface area contributed by atoms with Gasteiger partial charge in [-0.25, -0.2) is 24.2 Å². The van der Waals surface area contributed by atoms with Crippen molar-refractivity contribution < 1.29 is 48.0 Å². The van der Waals surface area contributed by atoms with Gasteiger partial charge in [-0.15, -0.1) is 0 Å². The highest BCUT2D eigenvalue weighted by molar-refractivity contribution is 5.81. The number of amides is 2. The van der Waals surface area contributed by atoms with E-state index in [0.717, 1.165) is 16.7 Å². The Morgan fingerprint density at radius 3 is 1.73 bits per heavy atom. The van der Waals surface area contributed by atoms with Crippen molar-refractivity contribution in [1.82, 2.24) is 30.2 Å². The molecule has 0 fully saturated rings. The number of nitrogens with one attached hydrogen (secondary N) is 3. The highest BCUT2D eigenvalue weighted by Gasteiger charge is 2.28. The van der Waals surface area contributed by atoms with E-state index in [9.17, 15) is 24.0 Å². The molecule has 5 rings (SSSR count). The Morgan fingerprint density at radius 2 is 1.23 bits per heavy atom. The molecule has 0 saturated heterocycles. The number of aromatic amines is 1. The van der Waals surface area contributed by atoms with Gasteiger partial charge in [0.2, 0.25) is 5.95 Å². The zero-order valence-corrected chi connectivity index (χ0v) is 33.8. The number of rotatable bonds is 19. The van der Waals surface area contributed by atoms with Gasteiger partial charge in [0.1, 0.15) is 44.7 Å². The van der Waals surface area contributed by atoms with Gasteiger partial charge in [-0.2, -0.15) is 4.98 Å². The number of aliphatic carboxylic acids is 1. The lowest BCUT2D eigenvalue weighted by Gasteiger charge is -2.23. The highest BCUT2D eigenvalue weighted by atomic mass is 16.6. The van der Waals surface area contributed by atoms with Crippen LogP contribution in [-0.2, 0) is 59.8 Å². The van der Waals surface area contributed by atoms with Gasteiger partial charge in [-0.3, -0.25) is 14.3 Å². The predicted molar refractivity (Wildman–Crippen MR) is 219 cm³/mol. The monoisotopic (exact) mass is 829 g/mol. The lowest BCUT2D eigenvalue weighted by molar-refractivity contribution is -0.155. The van der Waals surface area contributed by atoms with Crippen LogP contribution in [0.5, 0.6) is 0 Å². The molecular formula is C42H51N7O11. The van der Waals surface area contributed by atoms with Crippen LogP contribution in [0, 0.1) is 11.8 Å². The third-order valence-electron chi connectivity index (χ3n) is 8.59. The van der Waals surface area contributed by atoms with E-state index < -0.39 is 47.9 Å². The summed E-state index contributed by atoms with van der Waals surface area (Å²) in [6.07, 6.45) is -0.755. The smallest absolute Gasteiger partial charge is 0.408 e. The van der Waals surface area contributed by atoms with Crippen molar-refractivity contribution in [2.75, 3.05) is 18.9 Å². The Kier molecular flexibility index (Phi) is 18.0. The average molecular weight is 830 g/mol. The fourth-order valence-corrected chi connectivity index (χ4v) is 5.34. The van der Waals surface area contributed by atoms with Gasteiger partial charge in [0.25, 0.3) is 5.56 Å². The zero-order chi connectivity index (χ0) is 43.4. The molecule has 0 bridgehead atoms. The number of carboxylic acid groups (broad SMARTS) is 1. The van der Waals surface area contributed by atoms with Crippen LogP contribution in [0.15, 0.2) is 102 Å². The third kappa shape index (κ3) is 15.2. The summed E-state index contributed by atoms with van der Waals surface area (Å²) in [5, 5.41) is 13.8. The zero-order valence-electron chi connectivity index (χ0n) is 33.8. The summed E-state index contributed by atoms with van der Waals surface area (Å²) < 4.78 is 29.1. The molecule has 0 aliphatic carbocycles. The summed E-state index contributed by atoms with van der Waals surface area (Å²) in [5.41, 5.74) is 8.20. The number of hydrogen-bond acceptors (Lipinski definition) is 13. The Labute approximate surface area is 346 Å². The molecule has 2 amide bonds. The van der Waals surface area contributed by atoms with Crippen LogP contribution in [0.2, 0.25) is 0 Å². The molecule has 60 heavy (non-hydrogen) atoms. The normalized spacial score (nSPS) is 12.4. The largest absolute Gasteiger partial charge is 0.480 e. The van der Waals surface area contributed by atoms with E-state index in [-0.39, 0.29) is 62.1 Å². The molecule has 18 nitrogen and oxygen atoms in total. The molecule has 320 valence electrons. The van der Waals surface area contributed by atoms with Gasteiger partial charge in [0.05, 0.1) is 19.5 Å². The van der Waals surface area contributed by atoms with Gasteiger partial charge in [0, 0.05) is 0 Å². The number of imidazole rings is 1. The lowest BCUT2D eigenvalue weighted by atomic mass is 10.1. The molecule has 2 aromatic heterocycles. The molecule has 3 aromatic carbocycles. The quantitative estimate of drug-likeness (QED) is 0.0556. The summed E-state index contributed by atoms with van der Waals surface area (Å²) in [5.74, 6) is -2.25. The molecule has 18 heteroatoms. The summed E-state index contributed by atoms with van der Waals surface area (Å²) in [4.78, 5) is 70.4. The maximum atomic E-state index is 13.0. The molecule has 2 heterocycles. The summed E-state index contributed by atoms with van der Waals surface area (Å²) in [6.45, 7) is 7.36. The molecule has 0 aliphatic heterocycles. The number of nitrogen functional groups attached to an aromatic ring is 1. The van der Waals surface area contributed by atoms with Crippen LogP contribution >= 0.6 is 0 Å². The molecule has 6 N–H and O–H groups in total. The van der Waals surface area contributed by atoms with Crippen molar-refractivity contribution in [2.45, 2.75) is 72.4 Å². The molecule has 1 unspecified atom stereocenters. The number of aromatic nitrogens is 4. The number of hydrogen-bond donors (Lipinski definition) is 5. The van der Waals surface area contributed by atoms with E-state index in [1.807, 2.05) is 91.0 Å². The third-order valence-corrected chi connectivity index (χ3v) is 8.59. The number of nitrogens with two attached hydrogens (primary N) is 1. The van der Waals surface area contributed by atoms with Crippen molar-refractivity contribution in [3.8, 4) is 0 Å². The Morgan fingerprint density at radius 1 is 0.733 bits per heavy atom. The Bertz CT molecular complexity index is 2160. The first-order chi connectivity index (χ1) is 28.8. The number of carbonyl (C=O) groups excluding carboxylic acids is 3. The summed E-state index contributed by atoms with van der Waals surface area (Å²) >= 11 is 0. The number of carbonyl (C=O) groups is 4. The van der Waals surface area contributed by atoms with E-state index >= 15 is 0 Å². The summed E-state index contributed by atoms with van der Waals surface area (Å²) in [6, 6.07) is 26.1. The SMILES string of the molecule is CC(C)[C@H](NC(=O)OCc1ccccc1)C(=O)O.CC(C)[C@H](NC(=O)OCc1ccccc1)C(=O)OCC(COCc1ccccc1)OCn1cnc2c(=O)[nH]c(N)nc21. The summed E-state index contributed by atoms with van der Waals surface area (Å²) in [7, 11) is 0. The molecule has 3 atom stereocenters. The molecule has 0 spiro atoms. The minimum Gasteiger partial charge on any atom is -0.480 e. The van der Waals surface area contributed by atoms with Crippen molar-refractivity contribution in [2.24, 2.45) is 11.8 Å². The van der Waals surface area contributed by atoms with Crippen molar-refractivity contribution >= 4 is 41.2 Å². The first kappa shape index (κ1) is 45.9. The van der Waals surface area contributed by atoms with Crippen molar-refractivity contribution in [3.63, 3.8) is 0 Å². The van der Waals surface area contributed by atoms with Crippen molar-refractivity contribution in [3.05, 3.63) is 124 Å². The Hall–Kier alpha value is -6.79. The van der Waals surface area contributed by atoms with Gasteiger partial charge >= 0.3 is 24.1 Å². The van der Waals surface area contributed by atoms with E-state index in [2.05, 4.69) is 25.6 Å². The first-order valence-corrected chi connectivity index (χ1v) is 19.1. The molecule has 0 saturated carbocycles. The predicted octanol–water partition coefficient (Wildman–Crippen LogP) is 4.78. The van der Waals surface area contributed by atoms with Crippen LogP contribution < -0.4 is 21.9 Å². The van der Waals surface area contributed by atoms with Gasteiger partial charge in [-0.1, -0.05) is 119 Å². The standard InChI is InChI=1S/C29H34N6O7.C13H17NO4/c1-19(2)23(32-29(38)41-14-21-11-7-4-8-12-21)27(37)40-16-22(15-39-13-20-9-5-3-6-10-20)42-18-35-17-31-24-25(35)33-28(30)34-26(24)36;1-9(2)11(12(15)16)14-13(17)18-8-10-6-4-3-5-7-10/h3-12,17,19,22-23H,13-16,18H2,1-2H3,(H,32,38)(H3,30,33,34,36);3-7,9,11H,8H2,1-2H3,(H,14,17)(H,15,16)/t22?,23-;11-/m00/s1. The number of alkyl carbamates (subject to hydrolysis) is 2. The second-order valence-corrected chi connectivity index (χ2v) is 14.1. The second kappa shape index (κ2) is 23.6. The minimum atomic E-state index is -1.07. The van der Waals surface area contributed by atoms with E-state index in [1.54, 1.807) is 27.7 Å². The number of nitrogens with zero attached hydrogens (tertiary/aromatic N) is 3. The maximum Gasteiger partial charge on any atom is 0.408 e. The fraction of sp³-hybridized carbons (Fsp3) is 0.357. The first-order valence-electron chi connectivity index (χ1n) is 19.1. The van der Waals surface area contributed by atoms with Crippen LogP contribution in [-0.4, -0.2) is 80.2 Å². The van der Waals surface area contributed by atoms with Crippen LogP contribution in [0.4, 0.5) is 15.5 Å². The topological polar surface area (TPSA) is 248 Å². The van der Waals surface area contributed by atoms with E-state index in [4.69, 9.17) is 34.5 Å². The molecular weight excluding hydrogens is 778 g/mol. The number of anilines is 1. The number of H-pyrrole nitrogens is 1. The second-order valence-electron chi connectivity index (χ2n) is 14.1. The molecule has 0 aliphatic rings. The van der Waals surface area contributed by atoms with Crippen LogP contribution in [0.3, 0.4) is 0 Å². The van der Waals surface area contributed by atoms with Gasteiger partial charge in [0.15, 0.2) is 11.2 Å². The van der Waals surface area contributed by atoms with Crippen LogP contribution in [0.25, 0.3) is 11.2 Å². The maximum absolute atomic E-state index is 13.0. The lowest BCUT2D eigenvalue weighted by Crippen LogP contribution is -2.46. The van der Waals surface area contributed by atoms with Gasteiger partial charge < -0.3 is 45.2 Å². The fourth-order valence-electron chi connectivity index (χ4n) is 5.34.